The number of benzene rings is 1. The molecule has 0 bridgehead atoms. The van der Waals surface area contributed by atoms with Crippen LogP contribution in [-0.4, -0.2) is 24.8 Å². The lowest BCUT2D eigenvalue weighted by Crippen LogP contribution is -2.63. The van der Waals surface area contributed by atoms with Gasteiger partial charge in [-0.1, -0.05) is 0 Å². The summed E-state index contributed by atoms with van der Waals surface area (Å²) in [5, 5.41) is 0. The molecule has 16 heavy (non-hydrogen) atoms. The Labute approximate surface area is 95.0 Å². The number of nitrogens with zero attached hydrogens (tertiary/aromatic N) is 1. The Morgan fingerprint density at radius 1 is 1.38 bits per heavy atom. The largest absolute Gasteiger partial charge is 0.376 e. The summed E-state index contributed by atoms with van der Waals surface area (Å²) in [6.07, 6.45) is 0.915. The van der Waals surface area contributed by atoms with Crippen molar-refractivity contribution in [2.75, 3.05) is 18.1 Å². The highest BCUT2D eigenvalue weighted by molar-refractivity contribution is 5.63. The quantitative estimate of drug-likeness (QED) is 0.722. The Balaban J connectivity index is 2.07. The monoisotopic (exact) mass is 221 g/mol. The van der Waals surface area contributed by atoms with Gasteiger partial charge in [0.15, 0.2) is 0 Å². The number of fused-ring (bicyclic) bond motifs is 1. The van der Waals surface area contributed by atoms with Crippen LogP contribution in [0.15, 0.2) is 18.2 Å². The highest BCUT2D eigenvalue weighted by atomic mass is 19.1. The van der Waals surface area contributed by atoms with Crippen LogP contribution in [0.1, 0.15) is 19.4 Å². The molecule has 2 aliphatic heterocycles. The van der Waals surface area contributed by atoms with E-state index in [9.17, 15) is 4.39 Å². The first-order valence-corrected chi connectivity index (χ1v) is 5.78. The zero-order valence-electron chi connectivity index (χ0n) is 9.66. The van der Waals surface area contributed by atoms with E-state index in [1.54, 1.807) is 12.1 Å². The summed E-state index contributed by atoms with van der Waals surface area (Å²) in [4.78, 5) is 2.39. The molecule has 0 saturated carbocycles. The molecule has 1 aromatic rings. The molecule has 2 heterocycles. The van der Waals surface area contributed by atoms with Gasteiger partial charge in [0.25, 0.3) is 0 Å². The minimum atomic E-state index is -0.139. The van der Waals surface area contributed by atoms with Crippen molar-refractivity contribution in [3.8, 4) is 0 Å². The molecule has 0 amide bonds. The minimum absolute atomic E-state index is 0.101. The van der Waals surface area contributed by atoms with Crippen molar-refractivity contribution in [3.05, 3.63) is 29.6 Å². The first-order valence-electron chi connectivity index (χ1n) is 5.78. The van der Waals surface area contributed by atoms with Gasteiger partial charge in [0.1, 0.15) is 5.82 Å². The fourth-order valence-electron chi connectivity index (χ4n) is 3.03. The molecule has 0 radical (unpaired) electrons. The molecule has 0 aromatic heterocycles. The SMILES string of the molecule is CC(C)N1c2ccc(F)cc2CC12COC2. The number of anilines is 1. The van der Waals surface area contributed by atoms with Gasteiger partial charge in [0.05, 0.1) is 18.8 Å². The summed E-state index contributed by atoms with van der Waals surface area (Å²) in [6, 6.07) is 5.54. The van der Waals surface area contributed by atoms with E-state index < -0.39 is 0 Å². The van der Waals surface area contributed by atoms with Crippen LogP contribution >= 0.6 is 0 Å². The van der Waals surface area contributed by atoms with E-state index in [2.05, 4.69) is 18.7 Å². The predicted octanol–water partition coefficient (Wildman–Crippen LogP) is 2.37. The fourth-order valence-corrected chi connectivity index (χ4v) is 3.03. The van der Waals surface area contributed by atoms with Crippen LogP contribution in [0, 0.1) is 5.82 Å². The molecular weight excluding hydrogens is 205 g/mol. The minimum Gasteiger partial charge on any atom is -0.376 e. The highest BCUT2D eigenvalue weighted by Gasteiger charge is 2.50. The van der Waals surface area contributed by atoms with E-state index in [4.69, 9.17) is 4.74 Å². The van der Waals surface area contributed by atoms with Gasteiger partial charge in [-0.15, -0.1) is 0 Å². The fraction of sp³-hybridized carbons (Fsp3) is 0.538. The smallest absolute Gasteiger partial charge is 0.123 e. The maximum absolute atomic E-state index is 13.2. The van der Waals surface area contributed by atoms with E-state index in [0.29, 0.717) is 6.04 Å². The second kappa shape index (κ2) is 3.20. The number of rotatable bonds is 1. The third-order valence-electron chi connectivity index (χ3n) is 3.59. The van der Waals surface area contributed by atoms with Gasteiger partial charge in [0, 0.05) is 18.2 Å². The molecular formula is C13H16FNO. The van der Waals surface area contributed by atoms with Gasteiger partial charge >= 0.3 is 0 Å². The number of ether oxygens (including phenoxy) is 1. The van der Waals surface area contributed by atoms with Crippen molar-refractivity contribution in [3.63, 3.8) is 0 Å². The van der Waals surface area contributed by atoms with Crippen LogP contribution < -0.4 is 4.90 Å². The predicted molar refractivity (Wildman–Crippen MR) is 61.3 cm³/mol. The Morgan fingerprint density at radius 2 is 2.12 bits per heavy atom. The lowest BCUT2D eigenvalue weighted by molar-refractivity contribution is -0.0554. The molecule has 3 heteroatoms. The molecule has 0 atom stereocenters. The Hall–Kier alpha value is -1.09. The van der Waals surface area contributed by atoms with Crippen LogP contribution in [0.25, 0.3) is 0 Å². The van der Waals surface area contributed by atoms with Gasteiger partial charge in [0.2, 0.25) is 0 Å². The maximum Gasteiger partial charge on any atom is 0.123 e. The Morgan fingerprint density at radius 3 is 2.69 bits per heavy atom. The second-order valence-electron chi connectivity index (χ2n) is 5.13. The summed E-state index contributed by atoms with van der Waals surface area (Å²) < 4.78 is 18.6. The molecule has 1 spiro atoms. The van der Waals surface area contributed by atoms with Gasteiger partial charge in [-0.05, 0) is 37.6 Å². The average Bonchev–Trinajstić information content (AvgIpc) is 2.50. The maximum atomic E-state index is 13.2. The van der Waals surface area contributed by atoms with Crippen LogP contribution in [0.3, 0.4) is 0 Å². The van der Waals surface area contributed by atoms with Crippen LogP contribution in [0.4, 0.5) is 10.1 Å². The van der Waals surface area contributed by atoms with Crippen LogP contribution in [0.2, 0.25) is 0 Å². The third-order valence-corrected chi connectivity index (χ3v) is 3.59. The van der Waals surface area contributed by atoms with Gasteiger partial charge in [-0.3, -0.25) is 0 Å². The highest BCUT2D eigenvalue weighted by Crippen LogP contribution is 2.44. The normalized spacial score (nSPS) is 21.4. The molecule has 2 nitrogen and oxygen atoms in total. The number of hydrogen-bond acceptors (Lipinski definition) is 2. The molecule has 1 aromatic carbocycles. The molecule has 1 saturated heterocycles. The average molecular weight is 221 g/mol. The lowest BCUT2D eigenvalue weighted by atomic mass is 9.91. The second-order valence-corrected chi connectivity index (χ2v) is 5.13. The van der Waals surface area contributed by atoms with Crippen LogP contribution in [0.5, 0.6) is 0 Å². The van der Waals surface area contributed by atoms with Crippen molar-refractivity contribution in [1.29, 1.82) is 0 Å². The zero-order chi connectivity index (χ0) is 11.3. The van der Waals surface area contributed by atoms with E-state index in [-0.39, 0.29) is 11.4 Å². The summed E-state index contributed by atoms with van der Waals surface area (Å²) >= 11 is 0. The van der Waals surface area contributed by atoms with E-state index in [0.717, 1.165) is 25.2 Å². The topological polar surface area (TPSA) is 12.5 Å². The van der Waals surface area contributed by atoms with Crippen molar-refractivity contribution in [2.24, 2.45) is 0 Å². The third kappa shape index (κ3) is 1.21. The first kappa shape index (κ1) is 10.1. The van der Waals surface area contributed by atoms with Crippen molar-refractivity contribution >= 4 is 5.69 Å². The van der Waals surface area contributed by atoms with E-state index in [1.165, 1.54) is 5.69 Å². The van der Waals surface area contributed by atoms with Crippen molar-refractivity contribution < 1.29 is 9.13 Å². The van der Waals surface area contributed by atoms with Crippen molar-refractivity contribution in [1.82, 2.24) is 0 Å². The Kier molecular flexibility index (Phi) is 2.02. The molecule has 86 valence electrons. The first-order chi connectivity index (χ1) is 7.62. The van der Waals surface area contributed by atoms with E-state index >= 15 is 0 Å². The van der Waals surface area contributed by atoms with Crippen molar-refractivity contribution in [2.45, 2.75) is 31.8 Å². The molecule has 2 aliphatic rings. The number of halogens is 1. The zero-order valence-corrected chi connectivity index (χ0v) is 9.66. The summed E-state index contributed by atoms with van der Waals surface area (Å²) in [6.45, 7) is 5.89. The number of hydrogen-bond donors (Lipinski definition) is 0. The van der Waals surface area contributed by atoms with Gasteiger partial charge in [-0.2, -0.15) is 0 Å². The summed E-state index contributed by atoms with van der Waals surface area (Å²) in [7, 11) is 0. The molecule has 0 aliphatic carbocycles. The van der Waals surface area contributed by atoms with E-state index in [1.807, 2.05) is 6.07 Å². The summed E-state index contributed by atoms with van der Waals surface area (Å²) in [5.41, 5.74) is 2.40. The Bertz CT molecular complexity index is 426. The lowest BCUT2D eigenvalue weighted by Gasteiger charge is -2.48. The molecule has 0 N–H and O–H groups in total. The molecule has 3 rings (SSSR count). The molecule has 0 unspecified atom stereocenters. The van der Waals surface area contributed by atoms with Crippen LogP contribution in [-0.2, 0) is 11.2 Å². The van der Waals surface area contributed by atoms with Gasteiger partial charge in [-0.25, -0.2) is 4.39 Å². The standard InChI is InChI=1S/C13H16FNO/c1-9(2)15-12-4-3-11(14)5-10(12)6-13(15)7-16-8-13/h3-5,9H,6-8H2,1-2H3. The summed E-state index contributed by atoms with van der Waals surface area (Å²) in [5.74, 6) is -0.139. The van der Waals surface area contributed by atoms with Gasteiger partial charge < -0.3 is 9.64 Å². The molecule has 1 fully saturated rings.